The van der Waals surface area contributed by atoms with Crippen molar-refractivity contribution in [2.45, 2.75) is 33.9 Å². The molecule has 1 heterocycles. The second kappa shape index (κ2) is 5.86. The van der Waals surface area contributed by atoms with Crippen LogP contribution >= 0.6 is 0 Å². The molecule has 1 aromatic heterocycles. The van der Waals surface area contributed by atoms with Gasteiger partial charge in [-0.3, -0.25) is 9.48 Å². The van der Waals surface area contributed by atoms with Crippen LogP contribution in [0.5, 0.6) is 5.75 Å². The summed E-state index contributed by atoms with van der Waals surface area (Å²) in [5.74, 6) is -0.315. The lowest BCUT2D eigenvalue weighted by Crippen LogP contribution is -2.08. The zero-order valence-electron chi connectivity index (χ0n) is 11.8. The van der Waals surface area contributed by atoms with Crippen LogP contribution in [-0.2, 0) is 13.2 Å². The van der Waals surface area contributed by atoms with Crippen molar-refractivity contribution < 1.29 is 13.9 Å². The van der Waals surface area contributed by atoms with E-state index in [1.807, 2.05) is 24.6 Å². The van der Waals surface area contributed by atoms with E-state index >= 15 is 0 Å². The standard InChI is InChI=1S/C15H17FN2O2/c1-4-18-13(7-10(2)17-18)9-20-15-8-12(16)5-6-14(15)11(3)19/h5-8H,4,9H2,1-3H3. The van der Waals surface area contributed by atoms with Crippen molar-refractivity contribution in [2.24, 2.45) is 0 Å². The number of ketones is 1. The first-order valence-electron chi connectivity index (χ1n) is 6.48. The molecule has 0 amide bonds. The third-order valence-corrected chi connectivity index (χ3v) is 2.98. The van der Waals surface area contributed by atoms with Gasteiger partial charge >= 0.3 is 0 Å². The zero-order valence-corrected chi connectivity index (χ0v) is 11.8. The number of hydrogen-bond donors (Lipinski definition) is 0. The van der Waals surface area contributed by atoms with Crippen molar-refractivity contribution in [3.05, 3.63) is 47.0 Å². The quantitative estimate of drug-likeness (QED) is 0.788. The second-order valence-corrected chi connectivity index (χ2v) is 4.58. The Labute approximate surface area is 117 Å². The summed E-state index contributed by atoms with van der Waals surface area (Å²) in [6.45, 7) is 6.30. The monoisotopic (exact) mass is 276 g/mol. The van der Waals surface area contributed by atoms with Crippen molar-refractivity contribution in [3.8, 4) is 5.75 Å². The van der Waals surface area contributed by atoms with Gasteiger partial charge in [-0.15, -0.1) is 0 Å². The molecular weight excluding hydrogens is 259 g/mol. The summed E-state index contributed by atoms with van der Waals surface area (Å²) in [5, 5.41) is 4.31. The Balaban J connectivity index is 2.22. The first-order chi connectivity index (χ1) is 9.51. The van der Waals surface area contributed by atoms with Gasteiger partial charge in [-0.1, -0.05) is 0 Å². The van der Waals surface area contributed by atoms with Crippen LogP contribution in [0.25, 0.3) is 0 Å². The molecule has 0 radical (unpaired) electrons. The van der Waals surface area contributed by atoms with Crippen molar-refractivity contribution in [1.29, 1.82) is 0 Å². The number of Topliss-reactive ketones (excluding diaryl/α,β-unsaturated/α-hetero) is 1. The Bertz CT molecular complexity index is 635. The highest BCUT2D eigenvalue weighted by molar-refractivity contribution is 5.96. The first kappa shape index (κ1) is 14.2. The lowest BCUT2D eigenvalue weighted by atomic mass is 10.1. The summed E-state index contributed by atoms with van der Waals surface area (Å²) in [4.78, 5) is 11.5. The van der Waals surface area contributed by atoms with E-state index in [2.05, 4.69) is 5.10 Å². The van der Waals surface area contributed by atoms with Gasteiger partial charge in [-0.05, 0) is 39.0 Å². The number of aromatic nitrogens is 2. The molecule has 0 aliphatic heterocycles. The second-order valence-electron chi connectivity index (χ2n) is 4.58. The highest BCUT2D eigenvalue weighted by Crippen LogP contribution is 2.22. The number of benzene rings is 1. The largest absolute Gasteiger partial charge is 0.486 e. The first-order valence-corrected chi connectivity index (χ1v) is 6.48. The molecule has 0 saturated heterocycles. The van der Waals surface area contributed by atoms with Gasteiger partial charge in [0.25, 0.3) is 0 Å². The van der Waals surface area contributed by atoms with Crippen LogP contribution < -0.4 is 4.74 Å². The summed E-state index contributed by atoms with van der Waals surface area (Å²) < 4.78 is 20.7. The van der Waals surface area contributed by atoms with Crippen molar-refractivity contribution in [2.75, 3.05) is 0 Å². The maximum Gasteiger partial charge on any atom is 0.163 e. The van der Waals surface area contributed by atoms with Gasteiger partial charge in [0.2, 0.25) is 0 Å². The molecule has 0 bridgehead atoms. The normalized spacial score (nSPS) is 10.6. The Hall–Kier alpha value is -2.17. The Morgan fingerprint density at radius 2 is 2.15 bits per heavy atom. The van der Waals surface area contributed by atoms with Crippen LogP contribution in [0.3, 0.4) is 0 Å². The molecule has 5 heteroatoms. The van der Waals surface area contributed by atoms with Crippen molar-refractivity contribution in [1.82, 2.24) is 9.78 Å². The Morgan fingerprint density at radius 1 is 1.40 bits per heavy atom. The summed E-state index contributed by atoms with van der Waals surface area (Å²) in [6.07, 6.45) is 0. The van der Waals surface area contributed by atoms with E-state index in [-0.39, 0.29) is 18.1 Å². The number of carbonyl (C=O) groups is 1. The highest BCUT2D eigenvalue weighted by Gasteiger charge is 2.11. The van der Waals surface area contributed by atoms with Gasteiger partial charge in [-0.25, -0.2) is 4.39 Å². The summed E-state index contributed by atoms with van der Waals surface area (Å²) in [7, 11) is 0. The van der Waals surface area contributed by atoms with E-state index in [0.717, 1.165) is 17.9 Å². The number of nitrogens with zero attached hydrogens (tertiary/aromatic N) is 2. The molecule has 0 saturated carbocycles. The Morgan fingerprint density at radius 3 is 2.80 bits per heavy atom. The summed E-state index contributed by atoms with van der Waals surface area (Å²) >= 11 is 0. The third-order valence-electron chi connectivity index (χ3n) is 2.98. The number of hydrogen-bond acceptors (Lipinski definition) is 3. The zero-order chi connectivity index (χ0) is 14.7. The minimum atomic E-state index is -0.426. The molecule has 0 unspecified atom stereocenters. The Kier molecular flexibility index (Phi) is 4.17. The fourth-order valence-corrected chi connectivity index (χ4v) is 2.05. The summed E-state index contributed by atoms with van der Waals surface area (Å²) in [6, 6.07) is 5.84. The maximum atomic E-state index is 13.3. The lowest BCUT2D eigenvalue weighted by Gasteiger charge is -2.10. The minimum Gasteiger partial charge on any atom is -0.486 e. The van der Waals surface area contributed by atoms with Crippen LogP contribution in [0.2, 0.25) is 0 Å². The van der Waals surface area contributed by atoms with E-state index < -0.39 is 5.82 Å². The number of carbonyl (C=O) groups excluding carboxylic acids is 1. The van der Waals surface area contributed by atoms with E-state index in [1.54, 1.807) is 0 Å². The number of aryl methyl sites for hydroxylation is 2. The molecule has 0 N–H and O–H groups in total. The van der Waals surface area contributed by atoms with Crippen LogP contribution in [0.4, 0.5) is 4.39 Å². The van der Waals surface area contributed by atoms with Gasteiger partial charge in [-0.2, -0.15) is 5.10 Å². The van der Waals surface area contributed by atoms with Crippen molar-refractivity contribution >= 4 is 5.78 Å². The molecule has 106 valence electrons. The molecular formula is C15H17FN2O2. The average molecular weight is 276 g/mol. The topological polar surface area (TPSA) is 44.1 Å². The predicted octanol–water partition coefficient (Wildman–Crippen LogP) is 3.13. The van der Waals surface area contributed by atoms with E-state index in [0.29, 0.717) is 5.56 Å². The predicted molar refractivity (Wildman–Crippen MR) is 73.4 cm³/mol. The highest BCUT2D eigenvalue weighted by atomic mass is 19.1. The van der Waals surface area contributed by atoms with E-state index in [1.165, 1.54) is 25.1 Å². The molecule has 0 aliphatic carbocycles. The van der Waals surface area contributed by atoms with Crippen LogP contribution in [0.1, 0.15) is 35.6 Å². The fourth-order valence-electron chi connectivity index (χ4n) is 2.05. The molecule has 0 aliphatic rings. The van der Waals surface area contributed by atoms with Crippen molar-refractivity contribution in [3.63, 3.8) is 0 Å². The fraction of sp³-hybridized carbons (Fsp3) is 0.333. The molecule has 0 atom stereocenters. The smallest absolute Gasteiger partial charge is 0.163 e. The van der Waals surface area contributed by atoms with Gasteiger partial charge in [0, 0.05) is 12.6 Å². The minimum absolute atomic E-state index is 0.153. The molecule has 2 rings (SSSR count). The van der Waals surface area contributed by atoms with Gasteiger partial charge in [0.05, 0.1) is 17.0 Å². The maximum absolute atomic E-state index is 13.3. The lowest BCUT2D eigenvalue weighted by molar-refractivity contribution is 0.101. The molecule has 4 nitrogen and oxygen atoms in total. The van der Waals surface area contributed by atoms with E-state index in [4.69, 9.17) is 4.74 Å². The molecule has 0 spiro atoms. The van der Waals surface area contributed by atoms with E-state index in [9.17, 15) is 9.18 Å². The van der Waals surface area contributed by atoms with Crippen LogP contribution in [0, 0.1) is 12.7 Å². The SMILES string of the molecule is CCn1nc(C)cc1COc1cc(F)ccc1C(C)=O. The van der Waals surface area contributed by atoms with Gasteiger partial charge in [0.15, 0.2) is 5.78 Å². The van der Waals surface area contributed by atoms with Gasteiger partial charge < -0.3 is 4.74 Å². The number of ether oxygens (including phenoxy) is 1. The average Bonchev–Trinajstić information content (AvgIpc) is 2.76. The van der Waals surface area contributed by atoms with Gasteiger partial charge in [0.1, 0.15) is 18.2 Å². The third kappa shape index (κ3) is 3.04. The van der Waals surface area contributed by atoms with Crippen LogP contribution in [0.15, 0.2) is 24.3 Å². The molecule has 0 fully saturated rings. The molecule has 1 aromatic carbocycles. The molecule has 2 aromatic rings. The van der Waals surface area contributed by atoms with Crippen LogP contribution in [-0.4, -0.2) is 15.6 Å². The summed E-state index contributed by atoms with van der Waals surface area (Å²) in [5.41, 5.74) is 2.17. The molecule has 20 heavy (non-hydrogen) atoms. The number of halogens is 1. The number of rotatable bonds is 5.